The Labute approximate surface area is 152 Å². The second kappa shape index (κ2) is 8.48. The number of piperazine rings is 1. The summed E-state index contributed by atoms with van der Waals surface area (Å²) >= 11 is 0. The zero-order chi connectivity index (χ0) is 18.4. The molecular weight excluding hydrogens is 334 g/mol. The molecule has 3 heterocycles. The molecule has 2 amide bonds. The number of nitrogens with one attached hydrogen (secondary N) is 1. The van der Waals surface area contributed by atoms with Crippen LogP contribution < -0.4 is 16.0 Å². The van der Waals surface area contributed by atoms with Crippen molar-refractivity contribution in [3.63, 3.8) is 0 Å². The van der Waals surface area contributed by atoms with E-state index in [1.807, 2.05) is 23.1 Å². The average Bonchev–Trinajstić information content (AvgIpc) is 3.18. The summed E-state index contributed by atoms with van der Waals surface area (Å²) in [6.45, 7) is 3.37. The van der Waals surface area contributed by atoms with Crippen molar-refractivity contribution in [3.8, 4) is 0 Å². The van der Waals surface area contributed by atoms with Crippen molar-refractivity contribution in [2.45, 2.75) is 13.0 Å². The number of hydrogen-bond donors (Lipinski definition) is 2. The summed E-state index contributed by atoms with van der Waals surface area (Å²) in [5.74, 6) is 1.27. The molecule has 3 rings (SSSR count). The van der Waals surface area contributed by atoms with E-state index in [0.29, 0.717) is 31.0 Å². The van der Waals surface area contributed by atoms with Crippen molar-refractivity contribution in [1.29, 1.82) is 0 Å². The molecule has 0 bridgehead atoms. The van der Waals surface area contributed by atoms with Gasteiger partial charge in [0.15, 0.2) is 0 Å². The molecule has 0 unspecified atom stereocenters. The number of amides is 2. The van der Waals surface area contributed by atoms with Crippen LogP contribution in [0.25, 0.3) is 0 Å². The van der Waals surface area contributed by atoms with Crippen LogP contribution in [0.2, 0.25) is 0 Å². The maximum Gasteiger partial charge on any atom is 0.254 e. The average molecular weight is 357 g/mol. The summed E-state index contributed by atoms with van der Waals surface area (Å²) in [5, 5.41) is 2.73. The number of carbonyl (C=O) groups is 2. The molecule has 0 atom stereocenters. The normalized spacial score (nSPS) is 14.3. The van der Waals surface area contributed by atoms with E-state index in [1.165, 1.54) is 6.26 Å². The van der Waals surface area contributed by atoms with Gasteiger partial charge in [-0.15, -0.1) is 0 Å². The summed E-state index contributed by atoms with van der Waals surface area (Å²) in [6.07, 6.45) is 3.42. The van der Waals surface area contributed by atoms with Crippen molar-refractivity contribution in [3.05, 3.63) is 48.0 Å². The third kappa shape index (κ3) is 4.40. The quantitative estimate of drug-likeness (QED) is 0.785. The van der Waals surface area contributed by atoms with Gasteiger partial charge >= 0.3 is 0 Å². The first kappa shape index (κ1) is 17.9. The predicted octanol–water partition coefficient (Wildman–Crippen LogP) is 0.602. The molecule has 8 nitrogen and oxygen atoms in total. The number of carbonyl (C=O) groups excluding carboxylic acids is 2. The van der Waals surface area contributed by atoms with Gasteiger partial charge in [-0.1, -0.05) is 6.07 Å². The van der Waals surface area contributed by atoms with Gasteiger partial charge in [0.25, 0.3) is 5.91 Å². The monoisotopic (exact) mass is 357 g/mol. The molecule has 26 heavy (non-hydrogen) atoms. The Morgan fingerprint density at radius 1 is 1.23 bits per heavy atom. The van der Waals surface area contributed by atoms with Gasteiger partial charge in [-0.05, 0) is 18.2 Å². The number of rotatable bonds is 6. The SMILES string of the molecule is NCc1cc(C(=O)NCCC(=O)N2CCN(c3ccccn3)CC2)co1. The first-order valence-corrected chi connectivity index (χ1v) is 8.67. The molecule has 3 N–H and O–H groups in total. The molecule has 1 fully saturated rings. The third-order valence-corrected chi connectivity index (χ3v) is 4.35. The van der Waals surface area contributed by atoms with Crippen LogP contribution in [0.5, 0.6) is 0 Å². The Morgan fingerprint density at radius 3 is 2.69 bits per heavy atom. The van der Waals surface area contributed by atoms with Crippen molar-refractivity contribution >= 4 is 17.6 Å². The molecule has 2 aromatic heterocycles. The fraction of sp³-hybridized carbons (Fsp3) is 0.389. The number of anilines is 1. The molecule has 0 aromatic carbocycles. The molecule has 0 radical (unpaired) electrons. The minimum atomic E-state index is -0.263. The Hall–Kier alpha value is -2.87. The number of furan rings is 1. The second-order valence-corrected chi connectivity index (χ2v) is 6.07. The van der Waals surface area contributed by atoms with Gasteiger partial charge in [-0.3, -0.25) is 9.59 Å². The highest BCUT2D eigenvalue weighted by atomic mass is 16.3. The van der Waals surface area contributed by atoms with Crippen molar-refractivity contribution in [2.24, 2.45) is 5.73 Å². The standard InChI is InChI=1S/C18H23N5O3/c19-12-15-11-14(13-26-15)18(25)21-6-4-17(24)23-9-7-22(8-10-23)16-3-1-2-5-20-16/h1-3,5,11,13H,4,6-10,12,19H2,(H,21,25). The largest absolute Gasteiger partial charge is 0.467 e. The van der Waals surface area contributed by atoms with Crippen LogP contribution in [-0.2, 0) is 11.3 Å². The van der Waals surface area contributed by atoms with E-state index in [4.69, 9.17) is 10.2 Å². The topological polar surface area (TPSA) is 105 Å². The highest BCUT2D eigenvalue weighted by molar-refractivity contribution is 5.94. The molecule has 0 aliphatic carbocycles. The highest BCUT2D eigenvalue weighted by Gasteiger charge is 2.21. The van der Waals surface area contributed by atoms with E-state index < -0.39 is 0 Å². The van der Waals surface area contributed by atoms with E-state index in [0.717, 1.165) is 18.9 Å². The Balaban J connectivity index is 1.40. The fourth-order valence-electron chi connectivity index (χ4n) is 2.88. The lowest BCUT2D eigenvalue weighted by Crippen LogP contribution is -2.49. The molecule has 8 heteroatoms. The molecular formula is C18H23N5O3. The van der Waals surface area contributed by atoms with Crippen molar-refractivity contribution in [1.82, 2.24) is 15.2 Å². The Bertz CT molecular complexity index is 738. The van der Waals surface area contributed by atoms with Gasteiger partial charge < -0.3 is 25.3 Å². The molecule has 1 aliphatic heterocycles. The van der Waals surface area contributed by atoms with Gasteiger partial charge in [0.1, 0.15) is 17.8 Å². The highest BCUT2D eigenvalue weighted by Crippen LogP contribution is 2.13. The number of nitrogens with zero attached hydrogens (tertiary/aromatic N) is 3. The third-order valence-electron chi connectivity index (χ3n) is 4.35. The summed E-state index contributed by atoms with van der Waals surface area (Å²) in [4.78, 5) is 32.6. The number of pyridine rings is 1. The number of nitrogens with two attached hydrogens (primary N) is 1. The maximum absolute atomic E-state index is 12.3. The second-order valence-electron chi connectivity index (χ2n) is 6.07. The molecule has 1 saturated heterocycles. The van der Waals surface area contributed by atoms with Crippen LogP contribution in [0, 0.1) is 0 Å². The number of aromatic nitrogens is 1. The molecule has 2 aromatic rings. The van der Waals surface area contributed by atoms with Gasteiger partial charge in [0.2, 0.25) is 5.91 Å². The zero-order valence-electron chi connectivity index (χ0n) is 14.6. The van der Waals surface area contributed by atoms with Gasteiger partial charge in [0, 0.05) is 45.3 Å². The van der Waals surface area contributed by atoms with Gasteiger partial charge in [-0.25, -0.2) is 4.98 Å². The molecule has 0 spiro atoms. The van der Waals surface area contributed by atoms with Crippen LogP contribution in [-0.4, -0.2) is 54.4 Å². The minimum Gasteiger partial charge on any atom is -0.467 e. The lowest BCUT2D eigenvalue weighted by atomic mass is 10.2. The Morgan fingerprint density at radius 2 is 2.04 bits per heavy atom. The van der Waals surface area contributed by atoms with Crippen LogP contribution >= 0.6 is 0 Å². The lowest BCUT2D eigenvalue weighted by molar-refractivity contribution is -0.131. The lowest BCUT2D eigenvalue weighted by Gasteiger charge is -2.35. The first-order valence-electron chi connectivity index (χ1n) is 8.67. The predicted molar refractivity (Wildman–Crippen MR) is 96.6 cm³/mol. The zero-order valence-corrected chi connectivity index (χ0v) is 14.6. The van der Waals surface area contributed by atoms with Gasteiger partial charge in [0.05, 0.1) is 12.1 Å². The summed E-state index contributed by atoms with van der Waals surface area (Å²) in [7, 11) is 0. The van der Waals surface area contributed by atoms with Crippen LogP contribution in [0.15, 0.2) is 41.1 Å². The van der Waals surface area contributed by atoms with Crippen molar-refractivity contribution < 1.29 is 14.0 Å². The van der Waals surface area contributed by atoms with E-state index in [9.17, 15) is 9.59 Å². The van der Waals surface area contributed by atoms with E-state index in [1.54, 1.807) is 12.3 Å². The smallest absolute Gasteiger partial charge is 0.254 e. The van der Waals surface area contributed by atoms with Crippen LogP contribution in [0.3, 0.4) is 0 Å². The maximum atomic E-state index is 12.3. The van der Waals surface area contributed by atoms with Gasteiger partial charge in [-0.2, -0.15) is 0 Å². The van der Waals surface area contributed by atoms with Crippen molar-refractivity contribution in [2.75, 3.05) is 37.6 Å². The van der Waals surface area contributed by atoms with E-state index >= 15 is 0 Å². The number of hydrogen-bond acceptors (Lipinski definition) is 6. The van der Waals surface area contributed by atoms with Crippen LogP contribution in [0.4, 0.5) is 5.82 Å². The summed E-state index contributed by atoms with van der Waals surface area (Å²) < 4.78 is 5.13. The molecule has 1 aliphatic rings. The molecule has 0 saturated carbocycles. The molecule has 138 valence electrons. The van der Waals surface area contributed by atoms with Crippen LogP contribution in [0.1, 0.15) is 22.5 Å². The Kier molecular flexibility index (Phi) is 5.85. The summed E-state index contributed by atoms with van der Waals surface area (Å²) in [5.41, 5.74) is 5.87. The minimum absolute atomic E-state index is 0.0424. The van der Waals surface area contributed by atoms with E-state index in [-0.39, 0.29) is 24.8 Å². The fourth-order valence-corrected chi connectivity index (χ4v) is 2.88. The summed E-state index contributed by atoms with van der Waals surface area (Å²) in [6, 6.07) is 7.42. The van der Waals surface area contributed by atoms with E-state index in [2.05, 4.69) is 15.2 Å². The first-order chi connectivity index (χ1) is 12.7.